The van der Waals surface area contributed by atoms with Gasteiger partial charge in [0.25, 0.3) is 0 Å². The summed E-state index contributed by atoms with van der Waals surface area (Å²) >= 11 is 0. The van der Waals surface area contributed by atoms with Crippen LogP contribution >= 0.6 is 0 Å². The predicted octanol–water partition coefficient (Wildman–Crippen LogP) is 2.78. The molecule has 1 aromatic heterocycles. The second-order valence-corrected chi connectivity index (χ2v) is 6.29. The van der Waals surface area contributed by atoms with Crippen molar-refractivity contribution in [1.82, 2.24) is 4.57 Å². The van der Waals surface area contributed by atoms with Crippen LogP contribution in [0.1, 0.15) is 43.7 Å². The molecule has 0 radical (unpaired) electrons. The van der Waals surface area contributed by atoms with Gasteiger partial charge < -0.3 is 15.4 Å². The fourth-order valence-electron chi connectivity index (χ4n) is 2.61. The highest BCUT2D eigenvalue weighted by molar-refractivity contribution is 5.86. The largest absolute Gasteiger partial charge is 0.387 e. The SMILES string of the molecule is Cc1c(C(O)CN)c2cc(C(C)(C)C)ccc2n1C. The second-order valence-electron chi connectivity index (χ2n) is 6.29. The lowest BCUT2D eigenvalue weighted by molar-refractivity contribution is 0.187. The van der Waals surface area contributed by atoms with Crippen LogP contribution in [-0.4, -0.2) is 16.2 Å². The second kappa shape index (κ2) is 4.66. The molecular formula is C16H24N2O. The van der Waals surface area contributed by atoms with Crippen LogP contribution in [0.4, 0.5) is 0 Å². The van der Waals surface area contributed by atoms with Crippen molar-refractivity contribution in [3.63, 3.8) is 0 Å². The highest BCUT2D eigenvalue weighted by Gasteiger charge is 2.20. The molecular weight excluding hydrogens is 236 g/mol. The van der Waals surface area contributed by atoms with E-state index in [1.54, 1.807) is 0 Å². The molecule has 104 valence electrons. The minimum absolute atomic E-state index is 0.100. The highest BCUT2D eigenvalue weighted by atomic mass is 16.3. The van der Waals surface area contributed by atoms with Crippen molar-refractivity contribution in [1.29, 1.82) is 0 Å². The zero-order valence-corrected chi connectivity index (χ0v) is 12.5. The smallest absolute Gasteiger partial charge is 0.0935 e. The van der Waals surface area contributed by atoms with E-state index < -0.39 is 6.10 Å². The Morgan fingerprint density at radius 2 is 1.95 bits per heavy atom. The number of aliphatic hydroxyl groups is 1. The number of fused-ring (bicyclic) bond motifs is 1. The topological polar surface area (TPSA) is 51.2 Å². The van der Waals surface area contributed by atoms with Gasteiger partial charge in [0.15, 0.2) is 0 Å². The molecule has 1 atom stereocenters. The normalized spacial score (nSPS) is 14.1. The lowest BCUT2D eigenvalue weighted by Gasteiger charge is -2.19. The van der Waals surface area contributed by atoms with Crippen LogP contribution in [0.5, 0.6) is 0 Å². The van der Waals surface area contributed by atoms with E-state index in [4.69, 9.17) is 5.73 Å². The zero-order valence-electron chi connectivity index (χ0n) is 12.5. The fourth-order valence-corrected chi connectivity index (χ4v) is 2.61. The van der Waals surface area contributed by atoms with Gasteiger partial charge in [0, 0.05) is 35.8 Å². The van der Waals surface area contributed by atoms with E-state index in [9.17, 15) is 5.11 Å². The first-order valence-corrected chi connectivity index (χ1v) is 6.75. The number of nitrogens with zero attached hydrogens (tertiary/aromatic N) is 1. The Labute approximate surface area is 115 Å². The number of aryl methyl sites for hydroxylation is 1. The lowest BCUT2D eigenvalue weighted by atomic mass is 9.86. The zero-order chi connectivity index (χ0) is 14.4. The molecule has 0 aliphatic rings. The standard InChI is InChI=1S/C16H24N2O/c1-10-15(14(19)9-17)12-8-11(16(2,3)4)6-7-13(12)18(10)5/h6-8,14,19H,9,17H2,1-5H3. The molecule has 3 nitrogen and oxygen atoms in total. The molecule has 0 fully saturated rings. The van der Waals surface area contributed by atoms with Crippen LogP contribution in [0.2, 0.25) is 0 Å². The van der Waals surface area contributed by atoms with Crippen LogP contribution in [0.15, 0.2) is 18.2 Å². The predicted molar refractivity (Wildman–Crippen MR) is 80.4 cm³/mol. The maximum Gasteiger partial charge on any atom is 0.0935 e. The van der Waals surface area contributed by atoms with E-state index in [2.05, 4.69) is 43.5 Å². The first-order chi connectivity index (χ1) is 8.77. The molecule has 0 aliphatic carbocycles. The Kier molecular flexibility index (Phi) is 3.45. The monoisotopic (exact) mass is 260 g/mol. The summed E-state index contributed by atoms with van der Waals surface area (Å²) in [6.07, 6.45) is -0.598. The van der Waals surface area contributed by atoms with E-state index in [1.807, 2.05) is 14.0 Å². The summed E-state index contributed by atoms with van der Waals surface area (Å²) in [4.78, 5) is 0. The van der Waals surface area contributed by atoms with Gasteiger partial charge in [-0.25, -0.2) is 0 Å². The Bertz CT molecular complexity index is 605. The van der Waals surface area contributed by atoms with E-state index in [1.165, 1.54) is 5.56 Å². The average Bonchev–Trinajstić information content (AvgIpc) is 2.60. The molecule has 19 heavy (non-hydrogen) atoms. The summed E-state index contributed by atoms with van der Waals surface area (Å²) < 4.78 is 2.12. The third-order valence-electron chi connectivity index (χ3n) is 3.96. The number of hydrogen-bond acceptors (Lipinski definition) is 2. The van der Waals surface area contributed by atoms with Gasteiger partial charge in [0.1, 0.15) is 0 Å². The number of benzene rings is 1. The van der Waals surface area contributed by atoms with E-state index in [0.717, 1.165) is 22.2 Å². The minimum atomic E-state index is -0.598. The molecule has 0 spiro atoms. The van der Waals surface area contributed by atoms with E-state index in [0.29, 0.717) is 0 Å². The van der Waals surface area contributed by atoms with Gasteiger partial charge in [-0.3, -0.25) is 0 Å². The van der Waals surface area contributed by atoms with E-state index in [-0.39, 0.29) is 12.0 Å². The first kappa shape index (κ1) is 14.1. The number of aromatic nitrogens is 1. The quantitative estimate of drug-likeness (QED) is 0.872. The van der Waals surface area contributed by atoms with Crippen LogP contribution in [0.3, 0.4) is 0 Å². The van der Waals surface area contributed by atoms with Gasteiger partial charge in [0.05, 0.1) is 6.10 Å². The molecule has 2 aromatic rings. The molecule has 0 saturated heterocycles. The van der Waals surface area contributed by atoms with Gasteiger partial charge in [-0.2, -0.15) is 0 Å². The number of aliphatic hydroxyl groups excluding tert-OH is 1. The third kappa shape index (κ3) is 2.28. The molecule has 1 heterocycles. The van der Waals surface area contributed by atoms with Gasteiger partial charge in [-0.15, -0.1) is 0 Å². The van der Waals surface area contributed by atoms with Crippen molar-refractivity contribution in [3.8, 4) is 0 Å². The van der Waals surface area contributed by atoms with Gasteiger partial charge in [-0.05, 0) is 30.0 Å². The molecule has 2 rings (SSSR count). The summed E-state index contributed by atoms with van der Waals surface area (Å²) in [5.74, 6) is 0. The minimum Gasteiger partial charge on any atom is -0.387 e. The van der Waals surface area contributed by atoms with Gasteiger partial charge in [0.2, 0.25) is 0 Å². The Hall–Kier alpha value is -1.32. The van der Waals surface area contributed by atoms with Gasteiger partial charge >= 0.3 is 0 Å². The van der Waals surface area contributed by atoms with Crippen LogP contribution in [0, 0.1) is 6.92 Å². The van der Waals surface area contributed by atoms with Gasteiger partial charge in [-0.1, -0.05) is 26.8 Å². The van der Waals surface area contributed by atoms with Crippen molar-refractivity contribution in [2.24, 2.45) is 12.8 Å². The summed E-state index contributed by atoms with van der Waals surface area (Å²) in [5.41, 5.74) is 10.2. The molecule has 1 aromatic carbocycles. The maximum absolute atomic E-state index is 10.2. The molecule has 0 saturated carbocycles. The Morgan fingerprint density at radius 3 is 2.47 bits per heavy atom. The molecule has 0 amide bonds. The molecule has 3 heteroatoms. The third-order valence-corrected chi connectivity index (χ3v) is 3.96. The maximum atomic E-state index is 10.2. The first-order valence-electron chi connectivity index (χ1n) is 6.75. The lowest BCUT2D eigenvalue weighted by Crippen LogP contribution is -2.13. The molecule has 0 aliphatic heterocycles. The molecule has 3 N–H and O–H groups in total. The van der Waals surface area contributed by atoms with Crippen molar-refractivity contribution >= 4 is 10.9 Å². The molecule has 1 unspecified atom stereocenters. The number of rotatable bonds is 2. The Balaban J connectivity index is 2.76. The summed E-state index contributed by atoms with van der Waals surface area (Å²) in [5, 5.41) is 11.3. The Morgan fingerprint density at radius 1 is 1.32 bits per heavy atom. The van der Waals surface area contributed by atoms with Crippen LogP contribution < -0.4 is 5.73 Å². The summed E-state index contributed by atoms with van der Waals surface area (Å²) in [6.45, 7) is 8.87. The van der Waals surface area contributed by atoms with Crippen LogP contribution in [-0.2, 0) is 12.5 Å². The number of hydrogen-bond donors (Lipinski definition) is 2. The van der Waals surface area contributed by atoms with Crippen molar-refractivity contribution in [2.45, 2.75) is 39.2 Å². The summed E-state index contributed by atoms with van der Waals surface area (Å²) in [6, 6.07) is 6.49. The highest BCUT2D eigenvalue weighted by Crippen LogP contribution is 2.33. The average molecular weight is 260 g/mol. The van der Waals surface area contributed by atoms with Crippen molar-refractivity contribution in [2.75, 3.05) is 6.54 Å². The fraction of sp³-hybridized carbons (Fsp3) is 0.500. The van der Waals surface area contributed by atoms with Crippen LogP contribution in [0.25, 0.3) is 10.9 Å². The summed E-state index contributed by atoms with van der Waals surface area (Å²) in [7, 11) is 2.03. The van der Waals surface area contributed by atoms with Crippen molar-refractivity contribution in [3.05, 3.63) is 35.0 Å². The molecule has 0 bridgehead atoms. The van der Waals surface area contributed by atoms with E-state index >= 15 is 0 Å². The number of nitrogens with two attached hydrogens (primary N) is 1. The van der Waals surface area contributed by atoms with Crippen molar-refractivity contribution < 1.29 is 5.11 Å².